The van der Waals surface area contributed by atoms with Gasteiger partial charge in [0.2, 0.25) is 0 Å². The Morgan fingerprint density at radius 3 is 2.50 bits per heavy atom. The molecule has 2 aliphatic rings. The van der Waals surface area contributed by atoms with Crippen molar-refractivity contribution in [2.24, 2.45) is 0 Å². The fourth-order valence-corrected chi connectivity index (χ4v) is 3.57. The molecule has 0 bridgehead atoms. The zero-order valence-electron chi connectivity index (χ0n) is 12.7. The minimum atomic E-state index is -0.0284. The van der Waals surface area contributed by atoms with Crippen molar-refractivity contribution in [3.8, 4) is 5.75 Å². The second-order valence-corrected chi connectivity index (χ2v) is 6.01. The summed E-state index contributed by atoms with van der Waals surface area (Å²) in [5.74, 6) is 1.03. The smallest absolute Gasteiger partial charge is 0.180 e. The SMILES string of the molecule is CCOc1ccc2c(c1)C(=O)[C@@H](N1Cc3ccccc3C1)C2. The highest BCUT2D eigenvalue weighted by Crippen LogP contribution is 2.33. The lowest BCUT2D eigenvalue weighted by molar-refractivity contribution is 0.0839. The Morgan fingerprint density at radius 1 is 1.09 bits per heavy atom. The van der Waals surface area contributed by atoms with Crippen molar-refractivity contribution in [2.75, 3.05) is 6.61 Å². The van der Waals surface area contributed by atoms with Gasteiger partial charge in [-0.2, -0.15) is 0 Å². The molecule has 0 spiro atoms. The van der Waals surface area contributed by atoms with Gasteiger partial charge in [0.15, 0.2) is 5.78 Å². The molecule has 0 fully saturated rings. The predicted molar refractivity (Wildman–Crippen MR) is 85.1 cm³/mol. The Kier molecular flexibility index (Phi) is 3.23. The van der Waals surface area contributed by atoms with Crippen LogP contribution in [0.1, 0.15) is 34.0 Å². The van der Waals surface area contributed by atoms with Crippen molar-refractivity contribution in [2.45, 2.75) is 32.5 Å². The Labute approximate surface area is 130 Å². The number of Topliss-reactive ketones (excluding diaryl/α,β-unsaturated/α-hetero) is 1. The summed E-state index contributed by atoms with van der Waals surface area (Å²) in [6, 6.07) is 14.4. The Bertz CT molecular complexity index is 713. The maximum absolute atomic E-state index is 12.8. The van der Waals surface area contributed by atoms with Gasteiger partial charge < -0.3 is 4.74 Å². The number of rotatable bonds is 3. The van der Waals surface area contributed by atoms with Crippen LogP contribution in [0.3, 0.4) is 0 Å². The van der Waals surface area contributed by atoms with Gasteiger partial charge in [-0.3, -0.25) is 9.69 Å². The molecule has 22 heavy (non-hydrogen) atoms. The Morgan fingerprint density at radius 2 is 1.82 bits per heavy atom. The standard InChI is InChI=1S/C19H19NO2/c1-2-22-16-8-7-13-9-18(19(21)17(13)10-16)20-11-14-5-3-4-6-15(14)12-20/h3-8,10,18H,2,9,11-12H2,1H3/t18-/m0/s1. The number of carbonyl (C=O) groups excluding carboxylic acids is 1. The average molecular weight is 293 g/mol. The number of fused-ring (bicyclic) bond motifs is 2. The maximum atomic E-state index is 12.8. The van der Waals surface area contributed by atoms with Gasteiger partial charge in [-0.15, -0.1) is 0 Å². The van der Waals surface area contributed by atoms with E-state index in [2.05, 4.69) is 29.2 Å². The quantitative estimate of drug-likeness (QED) is 0.870. The van der Waals surface area contributed by atoms with Crippen LogP contribution >= 0.6 is 0 Å². The molecule has 2 aromatic carbocycles. The van der Waals surface area contributed by atoms with Crippen molar-refractivity contribution in [1.82, 2.24) is 4.90 Å². The van der Waals surface area contributed by atoms with Crippen LogP contribution in [-0.2, 0) is 19.5 Å². The predicted octanol–water partition coefficient (Wildman–Crippen LogP) is 3.21. The molecular weight excluding hydrogens is 274 g/mol. The summed E-state index contributed by atoms with van der Waals surface area (Å²) in [6.45, 7) is 4.33. The van der Waals surface area contributed by atoms with E-state index in [9.17, 15) is 4.79 Å². The Balaban J connectivity index is 1.58. The highest BCUT2D eigenvalue weighted by molar-refractivity contribution is 6.04. The highest BCUT2D eigenvalue weighted by Gasteiger charge is 2.37. The van der Waals surface area contributed by atoms with Crippen LogP contribution in [0.25, 0.3) is 0 Å². The van der Waals surface area contributed by atoms with Crippen molar-refractivity contribution in [1.29, 1.82) is 0 Å². The van der Waals surface area contributed by atoms with E-state index in [0.29, 0.717) is 6.61 Å². The molecule has 0 amide bonds. The number of carbonyl (C=O) groups is 1. The maximum Gasteiger partial charge on any atom is 0.180 e. The van der Waals surface area contributed by atoms with Crippen LogP contribution in [0.5, 0.6) is 5.75 Å². The van der Waals surface area contributed by atoms with Gasteiger partial charge in [-0.05, 0) is 42.2 Å². The lowest BCUT2D eigenvalue weighted by atomic mass is 10.1. The van der Waals surface area contributed by atoms with E-state index in [0.717, 1.165) is 36.4 Å². The van der Waals surface area contributed by atoms with Gasteiger partial charge >= 0.3 is 0 Å². The Hall–Kier alpha value is -2.13. The zero-order chi connectivity index (χ0) is 15.1. The topological polar surface area (TPSA) is 29.5 Å². The van der Waals surface area contributed by atoms with E-state index in [-0.39, 0.29) is 11.8 Å². The minimum absolute atomic E-state index is 0.0284. The van der Waals surface area contributed by atoms with Crippen molar-refractivity contribution < 1.29 is 9.53 Å². The second kappa shape index (κ2) is 5.25. The minimum Gasteiger partial charge on any atom is -0.494 e. The second-order valence-electron chi connectivity index (χ2n) is 6.01. The molecule has 3 heteroatoms. The molecule has 0 N–H and O–H groups in total. The number of hydrogen-bond acceptors (Lipinski definition) is 3. The monoisotopic (exact) mass is 293 g/mol. The third kappa shape index (κ3) is 2.13. The fourth-order valence-electron chi connectivity index (χ4n) is 3.57. The zero-order valence-corrected chi connectivity index (χ0v) is 12.7. The molecule has 1 heterocycles. The largest absolute Gasteiger partial charge is 0.494 e. The van der Waals surface area contributed by atoms with Gasteiger partial charge in [-0.1, -0.05) is 30.3 Å². The van der Waals surface area contributed by atoms with Gasteiger partial charge in [0.05, 0.1) is 12.6 Å². The van der Waals surface area contributed by atoms with E-state index < -0.39 is 0 Å². The number of benzene rings is 2. The van der Waals surface area contributed by atoms with Crippen LogP contribution in [0.4, 0.5) is 0 Å². The number of ketones is 1. The van der Waals surface area contributed by atoms with Gasteiger partial charge in [0.25, 0.3) is 0 Å². The highest BCUT2D eigenvalue weighted by atomic mass is 16.5. The van der Waals surface area contributed by atoms with Gasteiger partial charge in [0.1, 0.15) is 5.75 Å². The molecule has 4 rings (SSSR count). The molecule has 3 nitrogen and oxygen atoms in total. The number of ether oxygens (including phenoxy) is 1. The van der Waals surface area contributed by atoms with Crippen molar-refractivity contribution in [3.05, 3.63) is 64.7 Å². The molecule has 1 aliphatic heterocycles. The lowest BCUT2D eigenvalue weighted by Gasteiger charge is -2.21. The molecule has 1 atom stereocenters. The summed E-state index contributed by atoms with van der Waals surface area (Å²) in [5, 5.41) is 0. The molecule has 112 valence electrons. The number of hydrogen-bond donors (Lipinski definition) is 0. The molecule has 0 saturated carbocycles. The van der Waals surface area contributed by atoms with Crippen LogP contribution in [0, 0.1) is 0 Å². The van der Waals surface area contributed by atoms with E-state index in [1.54, 1.807) is 0 Å². The van der Waals surface area contributed by atoms with E-state index in [1.807, 2.05) is 25.1 Å². The molecule has 2 aromatic rings. The van der Waals surface area contributed by atoms with Crippen LogP contribution < -0.4 is 4.74 Å². The summed E-state index contributed by atoms with van der Waals surface area (Å²) < 4.78 is 5.53. The van der Waals surface area contributed by atoms with Crippen LogP contribution in [0.2, 0.25) is 0 Å². The van der Waals surface area contributed by atoms with E-state index >= 15 is 0 Å². The first-order valence-corrected chi connectivity index (χ1v) is 7.87. The first kappa shape index (κ1) is 13.5. The van der Waals surface area contributed by atoms with Gasteiger partial charge in [-0.25, -0.2) is 0 Å². The molecular formula is C19H19NO2. The van der Waals surface area contributed by atoms with Crippen LogP contribution in [-0.4, -0.2) is 23.3 Å². The van der Waals surface area contributed by atoms with Crippen molar-refractivity contribution >= 4 is 5.78 Å². The average Bonchev–Trinajstić information content (AvgIpc) is 3.09. The van der Waals surface area contributed by atoms with Crippen molar-refractivity contribution in [3.63, 3.8) is 0 Å². The molecule has 0 radical (unpaired) electrons. The normalized spacial score (nSPS) is 20.0. The van der Waals surface area contributed by atoms with E-state index in [1.165, 1.54) is 11.1 Å². The van der Waals surface area contributed by atoms with E-state index in [4.69, 9.17) is 4.74 Å². The summed E-state index contributed by atoms with van der Waals surface area (Å²) in [6.07, 6.45) is 0.814. The van der Waals surface area contributed by atoms with Crippen LogP contribution in [0.15, 0.2) is 42.5 Å². The molecule has 0 aromatic heterocycles. The summed E-state index contributed by atoms with van der Waals surface area (Å²) in [5.41, 5.74) is 4.68. The third-order valence-corrected chi connectivity index (χ3v) is 4.68. The lowest BCUT2D eigenvalue weighted by Crippen LogP contribution is -2.35. The summed E-state index contributed by atoms with van der Waals surface area (Å²) in [4.78, 5) is 15.1. The first-order chi connectivity index (χ1) is 10.8. The number of nitrogens with zero attached hydrogens (tertiary/aromatic N) is 1. The first-order valence-electron chi connectivity index (χ1n) is 7.87. The molecule has 0 saturated heterocycles. The van der Waals surface area contributed by atoms with Gasteiger partial charge in [0, 0.05) is 18.7 Å². The fraction of sp³-hybridized carbons (Fsp3) is 0.316. The summed E-state index contributed by atoms with van der Waals surface area (Å²) in [7, 11) is 0. The molecule has 1 aliphatic carbocycles. The third-order valence-electron chi connectivity index (χ3n) is 4.68. The molecule has 0 unspecified atom stereocenters. The summed E-state index contributed by atoms with van der Waals surface area (Å²) >= 11 is 0.